The maximum atomic E-state index is 13.5. The van der Waals surface area contributed by atoms with Crippen LogP contribution in [0.3, 0.4) is 0 Å². The zero-order valence-electron chi connectivity index (χ0n) is 16.8. The second-order valence-electron chi connectivity index (χ2n) is 6.82. The van der Waals surface area contributed by atoms with E-state index in [-0.39, 0.29) is 0 Å². The summed E-state index contributed by atoms with van der Waals surface area (Å²) in [5, 5.41) is 1.39. The number of methoxy groups -OCH3 is 1. The fraction of sp³-hybridized carbons (Fsp3) is 0.182. The lowest BCUT2D eigenvalue weighted by atomic mass is 10.1. The van der Waals surface area contributed by atoms with Gasteiger partial charge < -0.3 is 10.1 Å². The Morgan fingerprint density at radius 3 is 1.97 bits per heavy atom. The summed E-state index contributed by atoms with van der Waals surface area (Å²) < 4.78 is 94.9. The Hall–Kier alpha value is -3.63. The standard InChI is InChI=1S/C22H15F7N2O2/c1-33-16-5-2-4-14(12-16)18-7-3-6-17(31-18)13-8-10-15(11-9-13)30-19(32)20(23,24)21(25,26)22(27,28)29/h2-12H,1H3,(H,30,32). The fourth-order valence-electron chi connectivity index (χ4n) is 2.79. The summed E-state index contributed by atoms with van der Waals surface area (Å²) in [7, 11) is 1.52. The number of hydrogen-bond acceptors (Lipinski definition) is 3. The van der Waals surface area contributed by atoms with Gasteiger partial charge in [0.05, 0.1) is 18.5 Å². The van der Waals surface area contributed by atoms with Crippen LogP contribution in [0, 0.1) is 0 Å². The summed E-state index contributed by atoms with van der Waals surface area (Å²) in [6.45, 7) is 0. The van der Waals surface area contributed by atoms with Crippen LogP contribution in [0.2, 0.25) is 0 Å². The largest absolute Gasteiger partial charge is 0.497 e. The number of nitrogens with one attached hydrogen (secondary N) is 1. The third-order valence-corrected chi connectivity index (χ3v) is 4.59. The van der Waals surface area contributed by atoms with Crippen LogP contribution in [0.25, 0.3) is 22.5 Å². The van der Waals surface area contributed by atoms with E-state index in [2.05, 4.69) is 4.98 Å². The van der Waals surface area contributed by atoms with Gasteiger partial charge in [-0.1, -0.05) is 30.3 Å². The normalized spacial score (nSPS) is 12.4. The molecule has 174 valence electrons. The first kappa shape index (κ1) is 24.0. The maximum Gasteiger partial charge on any atom is 0.460 e. The molecule has 0 unspecified atom stereocenters. The Labute approximate surface area is 183 Å². The van der Waals surface area contributed by atoms with Gasteiger partial charge in [0.25, 0.3) is 0 Å². The van der Waals surface area contributed by atoms with Crippen molar-refractivity contribution in [3.05, 3.63) is 66.7 Å². The minimum atomic E-state index is -6.60. The van der Waals surface area contributed by atoms with Crippen molar-refractivity contribution >= 4 is 11.6 Å². The molecule has 2 aromatic carbocycles. The topological polar surface area (TPSA) is 51.2 Å². The number of carbonyl (C=O) groups excluding carboxylic acids is 1. The predicted octanol–water partition coefficient (Wildman–Crippen LogP) is 6.20. The summed E-state index contributed by atoms with van der Waals surface area (Å²) in [5.41, 5.74) is 1.89. The van der Waals surface area contributed by atoms with Crippen molar-refractivity contribution in [3.8, 4) is 28.3 Å². The van der Waals surface area contributed by atoms with Crippen LogP contribution in [0.5, 0.6) is 5.75 Å². The molecule has 0 saturated heterocycles. The number of pyridine rings is 1. The summed E-state index contributed by atoms with van der Waals surface area (Å²) in [6, 6.07) is 17.1. The van der Waals surface area contributed by atoms with Gasteiger partial charge in [-0.3, -0.25) is 4.79 Å². The molecule has 0 bridgehead atoms. The van der Waals surface area contributed by atoms with Gasteiger partial charge in [0.15, 0.2) is 0 Å². The summed E-state index contributed by atoms with van der Waals surface area (Å²) in [6.07, 6.45) is -6.60. The highest BCUT2D eigenvalue weighted by molar-refractivity contribution is 5.97. The molecule has 3 aromatic rings. The quantitative estimate of drug-likeness (QED) is 0.435. The van der Waals surface area contributed by atoms with Crippen LogP contribution in [0.15, 0.2) is 66.7 Å². The van der Waals surface area contributed by atoms with E-state index in [1.807, 2.05) is 6.07 Å². The van der Waals surface area contributed by atoms with Crippen molar-refractivity contribution in [3.63, 3.8) is 0 Å². The number of hydrogen-bond donors (Lipinski definition) is 1. The minimum absolute atomic E-state index is 0.398. The smallest absolute Gasteiger partial charge is 0.460 e. The van der Waals surface area contributed by atoms with Gasteiger partial charge in [0.2, 0.25) is 0 Å². The number of amides is 1. The van der Waals surface area contributed by atoms with E-state index in [1.54, 1.807) is 36.4 Å². The monoisotopic (exact) mass is 472 g/mol. The predicted molar refractivity (Wildman–Crippen MR) is 106 cm³/mol. The van der Waals surface area contributed by atoms with E-state index in [9.17, 15) is 35.5 Å². The molecule has 0 aliphatic heterocycles. The van der Waals surface area contributed by atoms with Gasteiger partial charge in [-0.05, 0) is 36.4 Å². The number of anilines is 1. The second-order valence-corrected chi connectivity index (χ2v) is 6.82. The molecule has 0 fully saturated rings. The molecule has 33 heavy (non-hydrogen) atoms. The second kappa shape index (κ2) is 8.72. The first-order valence-electron chi connectivity index (χ1n) is 9.22. The molecule has 0 saturated carbocycles. The van der Waals surface area contributed by atoms with Crippen LogP contribution < -0.4 is 10.1 Å². The third-order valence-electron chi connectivity index (χ3n) is 4.59. The number of nitrogens with zero attached hydrogens (tertiary/aromatic N) is 1. The SMILES string of the molecule is COc1cccc(-c2cccc(-c3ccc(NC(=O)C(F)(F)C(F)(F)C(F)(F)F)cc3)n2)c1. The van der Waals surface area contributed by atoms with Crippen LogP contribution in [0.1, 0.15) is 0 Å². The molecular formula is C22H15F7N2O2. The highest BCUT2D eigenvalue weighted by Gasteiger charge is 2.76. The summed E-state index contributed by atoms with van der Waals surface area (Å²) >= 11 is 0. The molecule has 1 amide bonds. The third kappa shape index (κ3) is 4.76. The molecule has 0 aliphatic rings. The van der Waals surface area contributed by atoms with E-state index in [4.69, 9.17) is 4.74 Å². The highest BCUT2D eigenvalue weighted by atomic mass is 19.4. The van der Waals surface area contributed by atoms with E-state index >= 15 is 0 Å². The molecule has 11 heteroatoms. The van der Waals surface area contributed by atoms with Gasteiger partial charge >= 0.3 is 23.9 Å². The number of alkyl halides is 7. The average molecular weight is 472 g/mol. The number of ether oxygens (including phenoxy) is 1. The molecule has 1 N–H and O–H groups in total. The fourth-order valence-corrected chi connectivity index (χ4v) is 2.79. The van der Waals surface area contributed by atoms with Crippen molar-refractivity contribution in [1.29, 1.82) is 0 Å². The average Bonchev–Trinajstić information content (AvgIpc) is 2.78. The lowest BCUT2D eigenvalue weighted by Crippen LogP contribution is -2.57. The van der Waals surface area contributed by atoms with E-state index < -0.39 is 29.6 Å². The number of carbonyl (C=O) groups is 1. The number of benzene rings is 2. The van der Waals surface area contributed by atoms with Crippen molar-refractivity contribution in [2.75, 3.05) is 12.4 Å². The van der Waals surface area contributed by atoms with Crippen molar-refractivity contribution in [2.24, 2.45) is 0 Å². The van der Waals surface area contributed by atoms with E-state index in [1.165, 1.54) is 24.6 Å². The molecule has 0 aliphatic carbocycles. The van der Waals surface area contributed by atoms with Gasteiger partial charge in [0, 0.05) is 16.8 Å². The van der Waals surface area contributed by atoms with Crippen LogP contribution in [-0.4, -0.2) is 36.0 Å². The first-order chi connectivity index (χ1) is 15.4. The first-order valence-corrected chi connectivity index (χ1v) is 9.22. The Morgan fingerprint density at radius 1 is 0.818 bits per heavy atom. The Bertz CT molecular complexity index is 1150. The zero-order chi connectivity index (χ0) is 24.4. The maximum absolute atomic E-state index is 13.5. The lowest BCUT2D eigenvalue weighted by molar-refractivity contribution is -0.343. The van der Waals surface area contributed by atoms with Gasteiger partial charge in [-0.2, -0.15) is 30.7 Å². The van der Waals surface area contributed by atoms with Crippen molar-refractivity contribution in [1.82, 2.24) is 4.98 Å². The minimum Gasteiger partial charge on any atom is -0.497 e. The lowest BCUT2D eigenvalue weighted by Gasteiger charge is -2.27. The molecule has 1 aromatic heterocycles. The van der Waals surface area contributed by atoms with Gasteiger partial charge in [0.1, 0.15) is 5.75 Å². The molecule has 1 heterocycles. The molecular weight excluding hydrogens is 457 g/mol. The number of halogens is 7. The summed E-state index contributed by atoms with van der Waals surface area (Å²) in [5.74, 6) is -14.7. The van der Waals surface area contributed by atoms with Crippen LogP contribution >= 0.6 is 0 Å². The van der Waals surface area contributed by atoms with Crippen molar-refractivity contribution in [2.45, 2.75) is 18.0 Å². The Kier molecular flexibility index (Phi) is 6.35. The molecule has 0 radical (unpaired) electrons. The van der Waals surface area contributed by atoms with Gasteiger partial charge in [-0.25, -0.2) is 4.98 Å². The van der Waals surface area contributed by atoms with Crippen molar-refractivity contribution < 1.29 is 40.3 Å². The van der Waals surface area contributed by atoms with E-state index in [0.717, 1.165) is 17.7 Å². The Balaban J connectivity index is 1.80. The Morgan fingerprint density at radius 2 is 1.39 bits per heavy atom. The molecule has 3 rings (SSSR count). The van der Waals surface area contributed by atoms with Gasteiger partial charge in [-0.15, -0.1) is 0 Å². The summed E-state index contributed by atoms with van der Waals surface area (Å²) in [4.78, 5) is 16.0. The highest BCUT2D eigenvalue weighted by Crippen LogP contribution is 2.46. The van der Waals surface area contributed by atoms with E-state index in [0.29, 0.717) is 22.7 Å². The molecule has 0 spiro atoms. The van der Waals surface area contributed by atoms with Crippen LogP contribution in [-0.2, 0) is 4.79 Å². The number of rotatable bonds is 6. The number of aromatic nitrogens is 1. The molecule has 4 nitrogen and oxygen atoms in total. The zero-order valence-corrected chi connectivity index (χ0v) is 16.8. The molecule has 0 atom stereocenters. The van der Waals surface area contributed by atoms with Crippen LogP contribution in [0.4, 0.5) is 36.4 Å².